The molecule has 0 aliphatic carbocycles. The molecule has 1 unspecified atom stereocenters. The molecule has 2 aromatic rings. The number of anilines is 1. The number of aromatic nitrogens is 2. The summed E-state index contributed by atoms with van der Waals surface area (Å²) < 4.78 is 16.5. The molecule has 1 atom stereocenters. The van der Waals surface area contributed by atoms with Gasteiger partial charge in [-0.25, -0.2) is 9.37 Å². The van der Waals surface area contributed by atoms with Crippen molar-refractivity contribution >= 4 is 17.6 Å². The van der Waals surface area contributed by atoms with Crippen molar-refractivity contribution in [3.63, 3.8) is 0 Å². The van der Waals surface area contributed by atoms with E-state index in [2.05, 4.69) is 20.9 Å². The first-order valence-electron chi connectivity index (χ1n) is 8.53. The summed E-state index contributed by atoms with van der Waals surface area (Å²) in [5.41, 5.74) is 1.92. The molecule has 2 amide bonds. The molecule has 3 rings (SSSR count). The maximum Gasteiger partial charge on any atom is 0.267 e. The summed E-state index contributed by atoms with van der Waals surface area (Å²) in [5, 5.41) is 8.28. The van der Waals surface area contributed by atoms with E-state index < -0.39 is 5.82 Å². The maximum absolute atomic E-state index is 14.8. The number of hydrogen-bond donors (Lipinski definition) is 3. The van der Waals surface area contributed by atoms with Gasteiger partial charge in [-0.15, -0.1) is 0 Å². The lowest BCUT2D eigenvalue weighted by Crippen LogP contribution is -2.20. The zero-order valence-electron chi connectivity index (χ0n) is 15.2. The second-order valence-electron chi connectivity index (χ2n) is 6.42. The summed E-state index contributed by atoms with van der Waals surface area (Å²) in [6, 6.07) is 1.68. The Hall–Kier alpha value is -2.90. The Morgan fingerprint density at radius 3 is 2.88 bits per heavy atom. The molecule has 0 spiro atoms. The van der Waals surface area contributed by atoms with Crippen LogP contribution in [0.15, 0.2) is 12.3 Å². The lowest BCUT2D eigenvalue weighted by atomic mass is 10.0. The van der Waals surface area contributed by atoms with Crippen molar-refractivity contribution in [2.24, 2.45) is 7.05 Å². The second-order valence-corrected chi connectivity index (χ2v) is 6.42. The van der Waals surface area contributed by atoms with Crippen LogP contribution >= 0.6 is 0 Å². The van der Waals surface area contributed by atoms with Gasteiger partial charge in [-0.05, 0) is 19.4 Å². The largest absolute Gasteiger partial charge is 0.365 e. The summed E-state index contributed by atoms with van der Waals surface area (Å²) >= 11 is 0. The minimum absolute atomic E-state index is 0.0326. The molecule has 7 nitrogen and oxygen atoms in total. The number of amides is 2. The first kappa shape index (κ1) is 17.9. The third kappa shape index (κ3) is 2.91. The topological polar surface area (TPSA) is 88.1 Å². The number of nitrogens with zero attached hydrogens (tertiary/aromatic N) is 2. The van der Waals surface area contributed by atoms with Crippen LogP contribution in [0.5, 0.6) is 0 Å². The van der Waals surface area contributed by atoms with Crippen molar-refractivity contribution in [2.45, 2.75) is 32.9 Å². The fraction of sp³-hybridized carbons (Fsp3) is 0.389. The number of pyridine rings is 1. The van der Waals surface area contributed by atoms with Crippen LogP contribution in [0, 0.1) is 5.82 Å². The first-order chi connectivity index (χ1) is 12.4. The molecule has 0 radical (unpaired) electrons. The lowest BCUT2D eigenvalue weighted by Gasteiger charge is -2.16. The molecule has 0 saturated carbocycles. The summed E-state index contributed by atoms with van der Waals surface area (Å²) in [7, 11) is 3.28. The van der Waals surface area contributed by atoms with Gasteiger partial charge < -0.3 is 20.5 Å². The van der Waals surface area contributed by atoms with Gasteiger partial charge in [0.25, 0.3) is 11.8 Å². The minimum atomic E-state index is -0.509. The molecule has 0 fully saturated rings. The standard InChI is InChI=1S/C18H22FN5O2/c1-5-9(2)22-16-14(19)11-7-21-18(26)13(11)15(23-16)10-6-12(17(25)20-3)24(4)8-10/h6,8-9H,5,7H2,1-4H3,(H,20,25)(H,21,26)(H,22,23). The van der Waals surface area contributed by atoms with E-state index >= 15 is 0 Å². The third-order valence-electron chi connectivity index (χ3n) is 4.62. The van der Waals surface area contributed by atoms with Gasteiger partial charge in [0, 0.05) is 44.0 Å². The molecule has 0 saturated heterocycles. The average Bonchev–Trinajstić information content (AvgIpc) is 3.20. The Kier molecular flexibility index (Phi) is 4.67. The van der Waals surface area contributed by atoms with Gasteiger partial charge in [-0.1, -0.05) is 6.92 Å². The van der Waals surface area contributed by atoms with Crippen LogP contribution in [-0.4, -0.2) is 34.5 Å². The van der Waals surface area contributed by atoms with Gasteiger partial charge in [0.2, 0.25) is 0 Å². The van der Waals surface area contributed by atoms with Crippen molar-refractivity contribution in [2.75, 3.05) is 12.4 Å². The Morgan fingerprint density at radius 2 is 2.23 bits per heavy atom. The third-order valence-corrected chi connectivity index (χ3v) is 4.62. The number of nitrogens with one attached hydrogen (secondary N) is 3. The number of rotatable bonds is 5. The van der Waals surface area contributed by atoms with Crippen molar-refractivity contribution in [1.29, 1.82) is 0 Å². The minimum Gasteiger partial charge on any atom is -0.365 e. The van der Waals surface area contributed by atoms with Crippen LogP contribution < -0.4 is 16.0 Å². The van der Waals surface area contributed by atoms with Crippen LogP contribution in [0.2, 0.25) is 0 Å². The van der Waals surface area contributed by atoms with E-state index in [1.807, 2.05) is 13.8 Å². The monoisotopic (exact) mass is 359 g/mol. The van der Waals surface area contributed by atoms with Gasteiger partial charge in [-0.3, -0.25) is 9.59 Å². The highest BCUT2D eigenvalue weighted by Gasteiger charge is 2.31. The van der Waals surface area contributed by atoms with E-state index in [1.54, 1.807) is 30.9 Å². The van der Waals surface area contributed by atoms with Crippen molar-refractivity contribution in [3.05, 3.63) is 34.9 Å². The van der Waals surface area contributed by atoms with Crippen LogP contribution in [0.25, 0.3) is 11.3 Å². The van der Waals surface area contributed by atoms with Gasteiger partial charge in [0.05, 0.1) is 11.3 Å². The lowest BCUT2D eigenvalue weighted by molar-refractivity contribution is 0.0951. The van der Waals surface area contributed by atoms with Gasteiger partial charge in [0.1, 0.15) is 5.69 Å². The Balaban J connectivity index is 2.18. The van der Waals surface area contributed by atoms with Crippen LogP contribution in [-0.2, 0) is 13.6 Å². The number of fused-ring (bicyclic) bond motifs is 1. The molecular formula is C18H22FN5O2. The summed E-state index contributed by atoms with van der Waals surface area (Å²) in [6.45, 7) is 4.05. The Labute approximate surface area is 151 Å². The molecule has 26 heavy (non-hydrogen) atoms. The highest BCUT2D eigenvalue weighted by molar-refractivity contribution is 6.04. The Bertz CT molecular complexity index is 890. The average molecular weight is 359 g/mol. The molecule has 3 N–H and O–H groups in total. The molecule has 0 bridgehead atoms. The number of carbonyl (C=O) groups is 2. The SMILES string of the molecule is CCC(C)Nc1nc(-c2cc(C(=O)NC)n(C)c2)c2c(c1F)CNC2=O. The van der Waals surface area contributed by atoms with Crippen LogP contribution in [0.4, 0.5) is 10.2 Å². The van der Waals surface area contributed by atoms with Crippen molar-refractivity contribution in [1.82, 2.24) is 20.2 Å². The predicted octanol–water partition coefficient (Wildman–Crippen LogP) is 2.04. The second kappa shape index (κ2) is 6.78. The summed E-state index contributed by atoms with van der Waals surface area (Å²) in [4.78, 5) is 28.6. The van der Waals surface area contributed by atoms with Crippen LogP contribution in [0.3, 0.4) is 0 Å². The van der Waals surface area contributed by atoms with Gasteiger partial charge in [0.15, 0.2) is 11.6 Å². The van der Waals surface area contributed by atoms with Gasteiger partial charge in [-0.2, -0.15) is 0 Å². The highest BCUT2D eigenvalue weighted by Crippen LogP contribution is 2.33. The van der Waals surface area contributed by atoms with E-state index in [-0.39, 0.29) is 35.8 Å². The van der Waals surface area contributed by atoms with Crippen LogP contribution in [0.1, 0.15) is 46.7 Å². The highest BCUT2D eigenvalue weighted by atomic mass is 19.1. The van der Waals surface area contributed by atoms with Gasteiger partial charge >= 0.3 is 0 Å². The zero-order chi connectivity index (χ0) is 19.0. The molecule has 3 heterocycles. The van der Waals surface area contributed by atoms with E-state index in [4.69, 9.17) is 0 Å². The fourth-order valence-electron chi connectivity index (χ4n) is 2.97. The fourth-order valence-corrected chi connectivity index (χ4v) is 2.97. The Morgan fingerprint density at radius 1 is 1.50 bits per heavy atom. The van der Waals surface area contributed by atoms with E-state index in [0.29, 0.717) is 22.5 Å². The summed E-state index contributed by atoms with van der Waals surface area (Å²) in [6.07, 6.45) is 2.51. The molecule has 138 valence electrons. The predicted molar refractivity (Wildman–Crippen MR) is 96.5 cm³/mol. The molecule has 1 aliphatic rings. The first-order valence-corrected chi connectivity index (χ1v) is 8.53. The van der Waals surface area contributed by atoms with Crippen molar-refractivity contribution in [3.8, 4) is 11.3 Å². The zero-order valence-corrected chi connectivity index (χ0v) is 15.2. The van der Waals surface area contributed by atoms with E-state index in [0.717, 1.165) is 6.42 Å². The van der Waals surface area contributed by atoms with E-state index in [9.17, 15) is 14.0 Å². The number of hydrogen-bond acceptors (Lipinski definition) is 4. The number of carbonyl (C=O) groups excluding carboxylic acids is 2. The molecule has 8 heteroatoms. The quantitative estimate of drug-likeness (QED) is 0.762. The number of halogens is 1. The normalized spacial score (nSPS) is 14.0. The smallest absolute Gasteiger partial charge is 0.267 e. The van der Waals surface area contributed by atoms with Crippen molar-refractivity contribution < 1.29 is 14.0 Å². The van der Waals surface area contributed by atoms with E-state index in [1.165, 1.54) is 0 Å². The summed E-state index contributed by atoms with van der Waals surface area (Å²) in [5.74, 6) is -0.999. The molecular weight excluding hydrogens is 337 g/mol. The molecule has 2 aromatic heterocycles. The molecule has 0 aromatic carbocycles. The maximum atomic E-state index is 14.8. The number of aryl methyl sites for hydroxylation is 1. The molecule has 1 aliphatic heterocycles.